The Balaban J connectivity index is 2.19. The number of carbonyl (C=O) groups is 1. The second-order valence-electron chi connectivity index (χ2n) is 5.19. The lowest BCUT2D eigenvalue weighted by molar-refractivity contribution is 0.0693. The molecule has 0 amide bonds. The van der Waals surface area contributed by atoms with Crippen LogP contribution in [0.15, 0.2) is 28.8 Å². The van der Waals surface area contributed by atoms with Gasteiger partial charge in [-0.05, 0) is 25.5 Å². The van der Waals surface area contributed by atoms with Gasteiger partial charge in [-0.2, -0.15) is 4.98 Å². The summed E-state index contributed by atoms with van der Waals surface area (Å²) in [6.45, 7) is 6.89. The summed E-state index contributed by atoms with van der Waals surface area (Å²) in [4.78, 5) is 17.6. The Morgan fingerprint density at radius 3 is 2.62 bits per heavy atom. The van der Waals surface area contributed by atoms with Crippen molar-refractivity contribution in [3.8, 4) is 0 Å². The minimum absolute atomic E-state index is 0.227. The van der Waals surface area contributed by atoms with Gasteiger partial charge >= 0.3 is 5.97 Å². The van der Waals surface area contributed by atoms with Crippen LogP contribution in [0, 0.1) is 6.92 Å². The number of hydrogen-bond donors (Lipinski definition) is 1. The van der Waals surface area contributed by atoms with Crippen molar-refractivity contribution < 1.29 is 14.4 Å². The van der Waals surface area contributed by atoms with E-state index in [9.17, 15) is 9.90 Å². The Kier molecular flexibility index (Phi) is 4.70. The maximum atomic E-state index is 11.3. The number of rotatable bonds is 6. The van der Waals surface area contributed by atoms with Crippen LogP contribution in [0.5, 0.6) is 0 Å². The third kappa shape index (κ3) is 3.88. The molecule has 2 aromatic rings. The molecule has 21 heavy (non-hydrogen) atoms. The summed E-state index contributed by atoms with van der Waals surface area (Å²) in [5.41, 5.74) is 1.10. The van der Waals surface area contributed by atoms with E-state index in [-0.39, 0.29) is 6.04 Å². The average Bonchev–Trinajstić information content (AvgIpc) is 2.83. The van der Waals surface area contributed by atoms with Crippen molar-refractivity contribution in [2.75, 3.05) is 0 Å². The van der Waals surface area contributed by atoms with E-state index in [0.717, 1.165) is 5.56 Å². The molecule has 1 heterocycles. The van der Waals surface area contributed by atoms with Crippen molar-refractivity contribution in [1.82, 2.24) is 15.0 Å². The topological polar surface area (TPSA) is 79.5 Å². The molecule has 6 nitrogen and oxygen atoms in total. The highest BCUT2D eigenvalue weighted by molar-refractivity contribution is 5.89. The quantitative estimate of drug-likeness (QED) is 0.880. The van der Waals surface area contributed by atoms with Crippen LogP contribution in [-0.2, 0) is 13.1 Å². The number of hydrogen-bond acceptors (Lipinski definition) is 5. The summed E-state index contributed by atoms with van der Waals surface area (Å²) in [7, 11) is 0. The van der Waals surface area contributed by atoms with Crippen LogP contribution in [0.4, 0.5) is 0 Å². The molecule has 0 atom stereocenters. The molecular weight excluding hydrogens is 270 g/mol. The van der Waals surface area contributed by atoms with Gasteiger partial charge in [0.1, 0.15) is 0 Å². The molecule has 1 N–H and O–H groups in total. The van der Waals surface area contributed by atoms with Gasteiger partial charge in [-0.25, -0.2) is 4.79 Å². The van der Waals surface area contributed by atoms with E-state index in [0.29, 0.717) is 30.4 Å². The summed E-state index contributed by atoms with van der Waals surface area (Å²) in [6.07, 6.45) is 0. The third-order valence-corrected chi connectivity index (χ3v) is 3.27. The highest BCUT2D eigenvalue weighted by Crippen LogP contribution is 2.15. The smallest absolute Gasteiger partial charge is 0.336 e. The van der Waals surface area contributed by atoms with Gasteiger partial charge in [0.25, 0.3) is 0 Å². The minimum Gasteiger partial charge on any atom is -0.478 e. The zero-order chi connectivity index (χ0) is 15.4. The van der Waals surface area contributed by atoms with E-state index < -0.39 is 5.97 Å². The SMILES string of the molecule is Cc1nc(CN(Cc2ccccc2C(=O)O)C(C)C)no1. The first kappa shape index (κ1) is 15.2. The monoisotopic (exact) mass is 289 g/mol. The highest BCUT2D eigenvalue weighted by atomic mass is 16.5. The van der Waals surface area contributed by atoms with E-state index in [1.807, 2.05) is 12.1 Å². The molecule has 2 rings (SSSR count). The molecule has 0 unspecified atom stereocenters. The average molecular weight is 289 g/mol. The van der Waals surface area contributed by atoms with E-state index in [1.165, 1.54) is 0 Å². The van der Waals surface area contributed by atoms with E-state index >= 15 is 0 Å². The van der Waals surface area contributed by atoms with Gasteiger partial charge in [-0.3, -0.25) is 4.90 Å². The molecule has 0 radical (unpaired) electrons. The van der Waals surface area contributed by atoms with Gasteiger partial charge in [-0.15, -0.1) is 0 Å². The zero-order valence-electron chi connectivity index (χ0n) is 12.4. The first-order valence-corrected chi connectivity index (χ1v) is 6.82. The molecule has 0 aliphatic carbocycles. The van der Waals surface area contributed by atoms with Gasteiger partial charge in [-0.1, -0.05) is 23.4 Å². The fourth-order valence-corrected chi connectivity index (χ4v) is 2.09. The Labute approximate surface area is 123 Å². The molecule has 0 saturated carbocycles. The van der Waals surface area contributed by atoms with Crippen molar-refractivity contribution in [3.05, 3.63) is 47.1 Å². The maximum Gasteiger partial charge on any atom is 0.336 e. The molecule has 1 aromatic heterocycles. The number of aromatic nitrogens is 2. The summed E-state index contributed by atoms with van der Waals surface area (Å²) >= 11 is 0. The molecule has 0 fully saturated rings. The molecule has 0 bridgehead atoms. The van der Waals surface area contributed by atoms with E-state index in [4.69, 9.17) is 4.52 Å². The summed E-state index contributed by atoms with van der Waals surface area (Å²) in [6, 6.07) is 7.26. The number of carboxylic acid groups (broad SMARTS) is 1. The molecule has 0 aliphatic heterocycles. The number of benzene rings is 1. The van der Waals surface area contributed by atoms with Crippen molar-refractivity contribution in [2.45, 2.75) is 39.9 Å². The van der Waals surface area contributed by atoms with Crippen LogP contribution in [-0.4, -0.2) is 32.2 Å². The first-order valence-electron chi connectivity index (χ1n) is 6.82. The second kappa shape index (κ2) is 6.49. The number of nitrogens with zero attached hydrogens (tertiary/aromatic N) is 3. The standard InChI is InChI=1S/C15H19N3O3/c1-10(2)18(9-14-16-11(3)21-17-14)8-12-6-4-5-7-13(12)15(19)20/h4-7,10H,8-9H2,1-3H3,(H,19,20). The fraction of sp³-hybridized carbons (Fsp3) is 0.400. The first-order chi connectivity index (χ1) is 9.97. The maximum absolute atomic E-state index is 11.3. The second-order valence-corrected chi connectivity index (χ2v) is 5.19. The van der Waals surface area contributed by atoms with Crippen molar-refractivity contribution in [3.63, 3.8) is 0 Å². The van der Waals surface area contributed by atoms with Gasteiger partial charge in [0.05, 0.1) is 12.1 Å². The summed E-state index contributed by atoms with van der Waals surface area (Å²) in [5.74, 6) is 0.221. The molecule has 0 spiro atoms. The highest BCUT2D eigenvalue weighted by Gasteiger charge is 2.17. The van der Waals surface area contributed by atoms with Crippen molar-refractivity contribution in [2.24, 2.45) is 0 Å². The predicted octanol–water partition coefficient (Wildman–Crippen LogP) is 2.49. The van der Waals surface area contributed by atoms with Gasteiger partial charge in [0.15, 0.2) is 5.82 Å². The Bertz CT molecular complexity index is 622. The Morgan fingerprint density at radius 2 is 2.05 bits per heavy atom. The van der Waals surface area contributed by atoms with Crippen LogP contribution in [0.25, 0.3) is 0 Å². The molecule has 1 aromatic carbocycles. The van der Waals surface area contributed by atoms with Crippen LogP contribution in [0.1, 0.15) is 41.5 Å². The van der Waals surface area contributed by atoms with Crippen LogP contribution in [0.3, 0.4) is 0 Å². The van der Waals surface area contributed by atoms with Gasteiger partial charge < -0.3 is 9.63 Å². The predicted molar refractivity (Wildman–Crippen MR) is 76.8 cm³/mol. The molecule has 0 aliphatic rings. The molecule has 6 heteroatoms. The van der Waals surface area contributed by atoms with Gasteiger partial charge in [0, 0.05) is 19.5 Å². The van der Waals surface area contributed by atoms with Crippen LogP contribution >= 0.6 is 0 Å². The normalized spacial score (nSPS) is 11.3. The van der Waals surface area contributed by atoms with E-state index in [2.05, 4.69) is 28.9 Å². The van der Waals surface area contributed by atoms with E-state index in [1.54, 1.807) is 19.1 Å². The zero-order valence-corrected chi connectivity index (χ0v) is 12.4. The van der Waals surface area contributed by atoms with Crippen molar-refractivity contribution in [1.29, 1.82) is 0 Å². The van der Waals surface area contributed by atoms with Crippen LogP contribution < -0.4 is 0 Å². The lowest BCUT2D eigenvalue weighted by Gasteiger charge is -2.25. The number of aromatic carboxylic acids is 1. The largest absolute Gasteiger partial charge is 0.478 e. The molecular formula is C15H19N3O3. The lowest BCUT2D eigenvalue weighted by Crippen LogP contribution is -2.31. The van der Waals surface area contributed by atoms with Gasteiger partial charge in [0.2, 0.25) is 5.89 Å². The van der Waals surface area contributed by atoms with Crippen LogP contribution in [0.2, 0.25) is 0 Å². The summed E-state index contributed by atoms with van der Waals surface area (Å²) < 4.78 is 4.98. The summed E-state index contributed by atoms with van der Waals surface area (Å²) in [5, 5.41) is 13.1. The molecule has 0 saturated heterocycles. The minimum atomic E-state index is -0.912. The lowest BCUT2D eigenvalue weighted by atomic mass is 10.1. The third-order valence-electron chi connectivity index (χ3n) is 3.27. The van der Waals surface area contributed by atoms with Crippen molar-refractivity contribution >= 4 is 5.97 Å². The number of carboxylic acids is 1. The number of aryl methyl sites for hydroxylation is 1. The Hall–Kier alpha value is -2.21. The Morgan fingerprint density at radius 1 is 1.33 bits per heavy atom. The molecule has 112 valence electrons. The fourth-order valence-electron chi connectivity index (χ4n) is 2.09.